The smallest absolute Gasteiger partial charge is 0.236 e. The Labute approximate surface area is 114 Å². The molecule has 1 aromatic carbocycles. The lowest BCUT2D eigenvalue weighted by atomic mass is 10.2. The molecule has 0 spiro atoms. The summed E-state index contributed by atoms with van der Waals surface area (Å²) in [7, 11) is 1.76. The number of aromatic hydroxyl groups is 1. The third-order valence-corrected chi connectivity index (χ3v) is 2.87. The van der Waals surface area contributed by atoms with Gasteiger partial charge in [0.1, 0.15) is 0 Å². The van der Waals surface area contributed by atoms with Crippen molar-refractivity contribution >= 4 is 5.91 Å². The van der Waals surface area contributed by atoms with Crippen LogP contribution in [0.2, 0.25) is 0 Å². The van der Waals surface area contributed by atoms with E-state index in [9.17, 15) is 9.90 Å². The van der Waals surface area contributed by atoms with Crippen molar-refractivity contribution in [1.29, 1.82) is 0 Å². The molecular weight excluding hydrogens is 244 g/mol. The van der Waals surface area contributed by atoms with E-state index in [0.29, 0.717) is 25.4 Å². The number of hydrogen-bond acceptors (Lipinski definition) is 4. The zero-order valence-corrected chi connectivity index (χ0v) is 11.8. The van der Waals surface area contributed by atoms with Gasteiger partial charge < -0.3 is 20.1 Å². The van der Waals surface area contributed by atoms with E-state index in [1.54, 1.807) is 24.1 Å². The van der Waals surface area contributed by atoms with Crippen LogP contribution in [0.5, 0.6) is 11.5 Å². The molecule has 0 aliphatic heterocycles. The quantitative estimate of drug-likeness (QED) is 0.782. The molecule has 0 unspecified atom stereocenters. The van der Waals surface area contributed by atoms with E-state index in [1.165, 1.54) is 0 Å². The van der Waals surface area contributed by atoms with Gasteiger partial charge in [-0.3, -0.25) is 4.79 Å². The van der Waals surface area contributed by atoms with E-state index in [1.807, 2.05) is 19.9 Å². The fraction of sp³-hybridized carbons (Fsp3) is 0.500. The fourth-order valence-corrected chi connectivity index (χ4v) is 1.60. The maximum atomic E-state index is 11.6. The summed E-state index contributed by atoms with van der Waals surface area (Å²) in [5.74, 6) is 0.634. The van der Waals surface area contributed by atoms with Crippen LogP contribution in [0.25, 0.3) is 0 Å². The van der Waals surface area contributed by atoms with Crippen LogP contribution in [-0.2, 0) is 11.3 Å². The number of nitrogens with one attached hydrogen (secondary N) is 1. The lowest BCUT2D eigenvalue weighted by molar-refractivity contribution is -0.128. The molecular formula is C14H22N2O3. The highest BCUT2D eigenvalue weighted by molar-refractivity contribution is 5.77. The monoisotopic (exact) mass is 266 g/mol. The SMILES string of the molecule is CCOc1cccc(CNCC(=O)N(C)CC)c1O. The number of likely N-dealkylation sites (N-methyl/N-ethyl adjacent to an activating group) is 1. The molecule has 1 amide bonds. The Morgan fingerprint density at radius 1 is 1.42 bits per heavy atom. The number of hydrogen-bond donors (Lipinski definition) is 2. The zero-order chi connectivity index (χ0) is 14.3. The van der Waals surface area contributed by atoms with Crippen molar-refractivity contribution in [3.8, 4) is 11.5 Å². The number of phenolic OH excluding ortho intramolecular Hbond substituents is 1. The van der Waals surface area contributed by atoms with Gasteiger partial charge in [0, 0.05) is 25.7 Å². The van der Waals surface area contributed by atoms with Crippen molar-refractivity contribution in [2.75, 3.05) is 26.7 Å². The predicted molar refractivity (Wildman–Crippen MR) is 74.3 cm³/mol. The minimum absolute atomic E-state index is 0.0305. The molecule has 0 atom stereocenters. The van der Waals surface area contributed by atoms with E-state index >= 15 is 0 Å². The Kier molecular flexibility index (Phi) is 6.15. The summed E-state index contributed by atoms with van der Waals surface area (Å²) in [5, 5.41) is 13.0. The van der Waals surface area contributed by atoms with Crippen molar-refractivity contribution in [1.82, 2.24) is 10.2 Å². The number of para-hydroxylation sites is 1. The van der Waals surface area contributed by atoms with Crippen LogP contribution in [0.1, 0.15) is 19.4 Å². The first-order valence-corrected chi connectivity index (χ1v) is 6.48. The molecule has 5 nitrogen and oxygen atoms in total. The zero-order valence-electron chi connectivity index (χ0n) is 11.8. The molecule has 0 fully saturated rings. The second-order valence-electron chi connectivity index (χ2n) is 4.21. The molecule has 1 aromatic rings. The van der Waals surface area contributed by atoms with Gasteiger partial charge in [-0.15, -0.1) is 0 Å². The van der Waals surface area contributed by atoms with E-state index in [0.717, 1.165) is 5.56 Å². The Morgan fingerprint density at radius 3 is 2.79 bits per heavy atom. The topological polar surface area (TPSA) is 61.8 Å². The molecule has 0 aromatic heterocycles. The summed E-state index contributed by atoms with van der Waals surface area (Å²) in [5.41, 5.74) is 0.720. The number of amides is 1. The van der Waals surface area contributed by atoms with Crippen LogP contribution in [0.15, 0.2) is 18.2 Å². The van der Waals surface area contributed by atoms with E-state index < -0.39 is 0 Å². The summed E-state index contributed by atoms with van der Waals surface area (Å²) >= 11 is 0. The largest absolute Gasteiger partial charge is 0.504 e. The number of phenols is 1. The molecule has 5 heteroatoms. The van der Waals surface area contributed by atoms with Gasteiger partial charge in [0.25, 0.3) is 0 Å². The first kappa shape index (κ1) is 15.3. The van der Waals surface area contributed by atoms with Gasteiger partial charge in [-0.1, -0.05) is 12.1 Å². The van der Waals surface area contributed by atoms with Crippen LogP contribution >= 0.6 is 0 Å². The number of carbonyl (C=O) groups is 1. The van der Waals surface area contributed by atoms with Crippen LogP contribution in [0, 0.1) is 0 Å². The molecule has 0 bridgehead atoms. The Bertz CT molecular complexity index is 421. The lowest BCUT2D eigenvalue weighted by Gasteiger charge is -2.15. The molecule has 2 N–H and O–H groups in total. The summed E-state index contributed by atoms with van der Waals surface area (Å²) in [6.45, 7) is 5.66. The number of ether oxygens (including phenoxy) is 1. The molecule has 0 aliphatic carbocycles. The van der Waals surface area contributed by atoms with Crippen molar-refractivity contribution in [3.05, 3.63) is 23.8 Å². The molecule has 106 valence electrons. The van der Waals surface area contributed by atoms with E-state index in [-0.39, 0.29) is 18.2 Å². The van der Waals surface area contributed by atoms with Gasteiger partial charge in [0.05, 0.1) is 13.2 Å². The first-order valence-electron chi connectivity index (χ1n) is 6.48. The third kappa shape index (κ3) is 4.44. The number of benzene rings is 1. The lowest BCUT2D eigenvalue weighted by Crippen LogP contribution is -2.35. The standard InChI is InChI=1S/C14H22N2O3/c1-4-16(3)13(17)10-15-9-11-7-6-8-12(14(11)18)19-5-2/h6-8,15,18H,4-5,9-10H2,1-3H3. The fourth-order valence-electron chi connectivity index (χ4n) is 1.60. The van der Waals surface area contributed by atoms with Crippen molar-refractivity contribution in [2.45, 2.75) is 20.4 Å². The maximum absolute atomic E-state index is 11.6. The Hall–Kier alpha value is -1.75. The van der Waals surface area contributed by atoms with Crippen LogP contribution in [0.4, 0.5) is 0 Å². The highest BCUT2D eigenvalue weighted by Gasteiger charge is 2.09. The third-order valence-electron chi connectivity index (χ3n) is 2.87. The second-order valence-corrected chi connectivity index (χ2v) is 4.21. The Morgan fingerprint density at radius 2 is 2.16 bits per heavy atom. The summed E-state index contributed by atoms with van der Waals surface area (Å²) in [6, 6.07) is 5.35. The molecule has 0 aliphatic rings. The van der Waals surface area contributed by atoms with Crippen LogP contribution < -0.4 is 10.1 Å². The van der Waals surface area contributed by atoms with Crippen molar-refractivity contribution in [3.63, 3.8) is 0 Å². The predicted octanol–water partition coefficient (Wildman–Crippen LogP) is 1.36. The average molecular weight is 266 g/mol. The van der Waals surface area contributed by atoms with Crippen molar-refractivity contribution in [2.24, 2.45) is 0 Å². The normalized spacial score (nSPS) is 10.3. The molecule has 1 rings (SSSR count). The average Bonchev–Trinajstić information content (AvgIpc) is 2.42. The first-order chi connectivity index (χ1) is 9.10. The van der Waals surface area contributed by atoms with Gasteiger partial charge >= 0.3 is 0 Å². The highest BCUT2D eigenvalue weighted by Crippen LogP contribution is 2.29. The molecule has 19 heavy (non-hydrogen) atoms. The minimum atomic E-state index is 0.0305. The van der Waals surface area contributed by atoms with Gasteiger partial charge in [-0.2, -0.15) is 0 Å². The van der Waals surface area contributed by atoms with Gasteiger partial charge in [0.2, 0.25) is 5.91 Å². The van der Waals surface area contributed by atoms with Crippen LogP contribution in [0.3, 0.4) is 0 Å². The molecule has 0 heterocycles. The summed E-state index contributed by atoms with van der Waals surface area (Å²) in [6.07, 6.45) is 0. The highest BCUT2D eigenvalue weighted by atomic mass is 16.5. The van der Waals surface area contributed by atoms with E-state index in [4.69, 9.17) is 4.74 Å². The van der Waals surface area contributed by atoms with Crippen molar-refractivity contribution < 1.29 is 14.6 Å². The van der Waals surface area contributed by atoms with Gasteiger partial charge in [-0.05, 0) is 19.9 Å². The van der Waals surface area contributed by atoms with Gasteiger partial charge in [0.15, 0.2) is 11.5 Å². The summed E-state index contributed by atoms with van der Waals surface area (Å²) < 4.78 is 5.31. The summed E-state index contributed by atoms with van der Waals surface area (Å²) in [4.78, 5) is 13.2. The Balaban J connectivity index is 2.54. The van der Waals surface area contributed by atoms with Crippen LogP contribution in [-0.4, -0.2) is 42.7 Å². The molecule has 0 saturated heterocycles. The molecule has 0 saturated carbocycles. The molecule has 0 radical (unpaired) electrons. The number of nitrogens with zero attached hydrogens (tertiary/aromatic N) is 1. The minimum Gasteiger partial charge on any atom is -0.504 e. The number of rotatable bonds is 7. The van der Waals surface area contributed by atoms with Gasteiger partial charge in [-0.25, -0.2) is 0 Å². The van der Waals surface area contributed by atoms with E-state index in [2.05, 4.69) is 5.32 Å². The maximum Gasteiger partial charge on any atom is 0.236 e. The number of carbonyl (C=O) groups excluding carboxylic acids is 1. The second kappa shape index (κ2) is 7.63.